The monoisotopic (exact) mass is 475 g/mol. The molecule has 0 saturated carbocycles. The fourth-order valence-electron chi connectivity index (χ4n) is 4.30. The van der Waals surface area contributed by atoms with E-state index >= 15 is 0 Å². The van der Waals surface area contributed by atoms with Crippen LogP contribution >= 0.6 is 0 Å². The molecule has 182 valence electrons. The summed E-state index contributed by atoms with van der Waals surface area (Å²) in [5, 5.41) is 5.12. The van der Waals surface area contributed by atoms with Crippen molar-refractivity contribution in [2.24, 2.45) is 5.92 Å². The number of aromatic nitrogens is 1. The highest BCUT2D eigenvalue weighted by molar-refractivity contribution is 6.01. The van der Waals surface area contributed by atoms with E-state index in [1.54, 1.807) is 11.1 Å². The minimum absolute atomic E-state index is 0.206. The summed E-state index contributed by atoms with van der Waals surface area (Å²) in [5.74, 6) is 1.38. The number of rotatable bonds is 4. The topological polar surface area (TPSA) is 77.6 Å². The van der Waals surface area contributed by atoms with Gasteiger partial charge in [-0.2, -0.15) is 13.2 Å². The molecule has 2 N–H and O–H groups in total. The van der Waals surface area contributed by atoms with Crippen molar-refractivity contribution >= 4 is 29.1 Å². The van der Waals surface area contributed by atoms with Gasteiger partial charge < -0.3 is 20.4 Å². The van der Waals surface area contributed by atoms with Crippen molar-refractivity contribution in [2.75, 3.05) is 34.8 Å². The zero-order chi connectivity index (χ0) is 24.3. The molecule has 1 atom stereocenters. The zero-order valence-electron chi connectivity index (χ0n) is 18.9. The predicted molar refractivity (Wildman–Crippen MR) is 124 cm³/mol. The third-order valence-corrected chi connectivity index (χ3v) is 6.37. The standard InChI is InChI=1S/C24H28F3N5O2/c1-16-10-13-31(14-11-16)21-9-8-19(15-28-21)32-12-2-3-20(22(32)33)30-23(34)29-18-6-4-17(5-7-18)24(25,26)27/h4-9,15-16,20H,2-3,10-14H2,1H3,(H2,29,30,34). The third kappa shape index (κ3) is 5.60. The normalized spacial score (nSPS) is 19.8. The molecule has 0 radical (unpaired) electrons. The van der Waals surface area contributed by atoms with Crippen LogP contribution in [0.3, 0.4) is 0 Å². The molecule has 1 aromatic carbocycles. The number of hydrogen-bond acceptors (Lipinski definition) is 4. The molecule has 34 heavy (non-hydrogen) atoms. The van der Waals surface area contributed by atoms with Gasteiger partial charge in [-0.3, -0.25) is 4.79 Å². The van der Waals surface area contributed by atoms with Crippen LogP contribution in [0.2, 0.25) is 0 Å². The lowest BCUT2D eigenvalue weighted by Gasteiger charge is -2.33. The van der Waals surface area contributed by atoms with Crippen LogP contribution in [0.5, 0.6) is 0 Å². The maximum absolute atomic E-state index is 13.0. The van der Waals surface area contributed by atoms with E-state index in [2.05, 4.69) is 27.4 Å². The van der Waals surface area contributed by atoms with Gasteiger partial charge in [-0.15, -0.1) is 0 Å². The van der Waals surface area contributed by atoms with Gasteiger partial charge in [-0.1, -0.05) is 6.92 Å². The number of piperidine rings is 2. The maximum atomic E-state index is 13.0. The smallest absolute Gasteiger partial charge is 0.357 e. The largest absolute Gasteiger partial charge is 0.416 e. The Kier molecular flexibility index (Phi) is 6.95. The Morgan fingerprint density at radius 3 is 2.35 bits per heavy atom. The molecule has 2 fully saturated rings. The van der Waals surface area contributed by atoms with Crippen LogP contribution in [0.15, 0.2) is 42.6 Å². The van der Waals surface area contributed by atoms with Crippen molar-refractivity contribution in [3.63, 3.8) is 0 Å². The molecule has 2 aromatic rings. The van der Waals surface area contributed by atoms with Gasteiger partial charge in [-0.05, 0) is 68.0 Å². The molecule has 2 aliphatic heterocycles. The average Bonchev–Trinajstić information content (AvgIpc) is 2.81. The van der Waals surface area contributed by atoms with Gasteiger partial charge in [0.25, 0.3) is 0 Å². The zero-order valence-corrected chi connectivity index (χ0v) is 18.9. The first-order valence-corrected chi connectivity index (χ1v) is 11.5. The second-order valence-corrected chi connectivity index (χ2v) is 8.90. The SMILES string of the molecule is CC1CCN(c2ccc(N3CCCC(NC(=O)Nc4ccc(C(F)(F)F)cc4)C3=O)cn2)CC1. The minimum Gasteiger partial charge on any atom is -0.357 e. The Morgan fingerprint density at radius 1 is 1.03 bits per heavy atom. The quantitative estimate of drug-likeness (QED) is 0.675. The lowest BCUT2D eigenvalue weighted by Crippen LogP contribution is -2.53. The summed E-state index contributed by atoms with van der Waals surface area (Å²) >= 11 is 0. The van der Waals surface area contributed by atoms with E-state index in [4.69, 9.17) is 0 Å². The van der Waals surface area contributed by atoms with Gasteiger partial charge >= 0.3 is 12.2 Å². The first-order chi connectivity index (χ1) is 16.2. The number of anilines is 3. The van der Waals surface area contributed by atoms with Crippen molar-refractivity contribution in [3.8, 4) is 0 Å². The van der Waals surface area contributed by atoms with E-state index < -0.39 is 23.8 Å². The van der Waals surface area contributed by atoms with Crippen molar-refractivity contribution in [3.05, 3.63) is 48.2 Å². The molecule has 2 aliphatic rings. The van der Waals surface area contributed by atoms with E-state index in [9.17, 15) is 22.8 Å². The van der Waals surface area contributed by atoms with Gasteiger partial charge in [0.15, 0.2) is 0 Å². The van der Waals surface area contributed by atoms with Crippen LogP contribution in [0.25, 0.3) is 0 Å². The summed E-state index contributed by atoms with van der Waals surface area (Å²) in [6, 6.07) is 6.56. The van der Waals surface area contributed by atoms with E-state index in [-0.39, 0.29) is 11.6 Å². The van der Waals surface area contributed by atoms with E-state index in [0.717, 1.165) is 49.8 Å². The van der Waals surface area contributed by atoms with E-state index in [0.29, 0.717) is 25.1 Å². The highest BCUT2D eigenvalue weighted by Crippen LogP contribution is 2.30. The van der Waals surface area contributed by atoms with Crippen LogP contribution in [-0.2, 0) is 11.0 Å². The van der Waals surface area contributed by atoms with E-state index in [1.165, 1.54) is 12.1 Å². The van der Waals surface area contributed by atoms with Crippen LogP contribution in [0.1, 0.15) is 38.2 Å². The minimum atomic E-state index is -4.45. The molecule has 4 rings (SSSR count). The number of benzene rings is 1. The summed E-state index contributed by atoms with van der Waals surface area (Å²) in [5.41, 5.74) is 0.0808. The third-order valence-electron chi connectivity index (χ3n) is 6.37. The van der Waals surface area contributed by atoms with Gasteiger partial charge in [0.2, 0.25) is 5.91 Å². The van der Waals surface area contributed by atoms with Crippen molar-refractivity contribution in [1.29, 1.82) is 0 Å². The van der Waals surface area contributed by atoms with Crippen LogP contribution < -0.4 is 20.4 Å². The number of alkyl halides is 3. The molecule has 0 bridgehead atoms. The Balaban J connectivity index is 1.35. The summed E-state index contributed by atoms with van der Waals surface area (Å²) < 4.78 is 38.1. The first-order valence-electron chi connectivity index (χ1n) is 11.5. The number of carbonyl (C=O) groups excluding carboxylic acids is 2. The molecule has 1 aromatic heterocycles. The number of nitrogens with zero attached hydrogens (tertiary/aromatic N) is 3. The van der Waals surface area contributed by atoms with E-state index in [1.807, 2.05) is 12.1 Å². The summed E-state index contributed by atoms with van der Waals surface area (Å²) in [7, 11) is 0. The van der Waals surface area contributed by atoms with Crippen molar-refractivity contribution in [2.45, 2.75) is 44.8 Å². The first kappa shape index (κ1) is 23.8. The molecule has 7 nitrogen and oxygen atoms in total. The highest BCUT2D eigenvalue weighted by Gasteiger charge is 2.32. The molecular formula is C24H28F3N5O2. The molecule has 0 aliphatic carbocycles. The second kappa shape index (κ2) is 9.90. The van der Waals surface area contributed by atoms with Crippen molar-refractivity contribution in [1.82, 2.24) is 10.3 Å². The molecule has 1 unspecified atom stereocenters. The van der Waals surface area contributed by atoms with Crippen LogP contribution in [0.4, 0.5) is 35.2 Å². The van der Waals surface area contributed by atoms with Gasteiger partial charge in [0, 0.05) is 25.3 Å². The number of pyridine rings is 1. The molecule has 10 heteroatoms. The molecule has 3 heterocycles. The number of carbonyl (C=O) groups is 2. The fraction of sp³-hybridized carbons (Fsp3) is 0.458. The molecular weight excluding hydrogens is 447 g/mol. The van der Waals surface area contributed by atoms with Crippen LogP contribution in [-0.4, -0.2) is 42.6 Å². The second-order valence-electron chi connectivity index (χ2n) is 8.90. The Morgan fingerprint density at radius 2 is 1.74 bits per heavy atom. The Bertz CT molecular complexity index is 1000. The number of hydrogen-bond donors (Lipinski definition) is 2. The average molecular weight is 476 g/mol. The Labute approximate surface area is 196 Å². The summed E-state index contributed by atoms with van der Waals surface area (Å²) in [6.45, 7) is 4.72. The predicted octanol–water partition coefficient (Wildman–Crippen LogP) is 4.65. The van der Waals surface area contributed by atoms with Gasteiger partial charge in [0.1, 0.15) is 11.9 Å². The highest BCUT2D eigenvalue weighted by atomic mass is 19.4. The maximum Gasteiger partial charge on any atom is 0.416 e. The molecule has 3 amide bonds. The lowest BCUT2D eigenvalue weighted by atomic mass is 9.99. The fourth-order valence-corrected chi connectivity index (χ4v) is 4.30. The van der Waals surface area contributed by atoms with Gasteiger partial charge in [-0.25, -0.2) is 9.78 Å². The van der Waals surface area contributed by atoms with Crippen LogP contribution in [0, 0.1) is 5.92 Å². The van der Waals surface area contributed by atoms with Gasteiger partial charge in [0.05, 0.1) is 17.4 Å². The Hall–Kier alpha value is -3.30. The molecule has 2 saturated heterocycles. The number of halogens is 3. The number of urea groups is 1. The van der Waals surface area contributed by atoms with Crippen molar-refractivity contribution < 1.29 is 22.8 Å². The number of amides is 3. The number of nitrogens with one attached hydrogen (secondary N) is 2. The summed E-state index contributed by atoms with van der Waals surface area (Å²) in [6.07, 6.45) is 0.690. The summed E-state index contributed by atoms with van der Waals surface area (Å²) in [4.78, 5) is 33.8. The molecule has 0 spiro atoms. The lowest BCUT2D eigenvalue weighted by molar-refractivity contribution is -0.137.